The molecule has 0 aromatic heterocycles. The molecule has 2 saturated carbocycles. The van der Waals surface area contributed by atoms with Crippen LogP contribution in [0.2, 0.25) is 0 Å². The normalized spacial score (nSPS) is 26.0. The molecule has 176 valence electrons. The molecule has 0 bridgehead atoms. The lowest BCUT2D eigenvalue weighted by molar-refractivity contribution is -0.126. The fraction of sp³-hybridized carbons (Fsp3) is 0.704. The van der Waals surface area contributed by atoms with Gasteiger partial charge in [0, 0.05) is 23.4 Å². The van der Waals surface area contributed by atoms with E-state index in [0.717, 1.165) is 64.1 Å². The van der Waals surface area contributed by atoms with E-state index in [1.54, 1.807) is 12.1 Å². The molecule has 0 spiro atoms. The van der Waals surface area contributed by atoms with E-state index < -0.39 is 0 Å². The van der Waals surface area contributed by atoms with E-state index in [1.165, 1.54) is 50.7 Å². The molecule has 0 unspecified atom stereocenters. The summed E-state index contributed by atoms with van der Waals surface area (Å²) in [6, 6.07) is 6.35. The van der Waals surface area contributed by atoms with Crippen molar-refractivity contribution in [2.24, 2.45) is 17.8 Å². The Morgan fingerprint density at radius 2 is 1.50 bits per heavy atom. The molecule has 32 heavy (non-hydrogen) atoms. The van der Waals surface area contributed by atoms with Crippen LogP contribution in [0.25, 0.3) is 0 Å². The summed E-state index contributed by atoms with van der Waals surface area (Å²) in [6.07, 6.45) is 13.6. The maximum absolute atomic E-state index is 13.1. The van der Waals surface area contributed by atoms with E-state index >= 15 is 0 Å². The number of hydrogen-bond acceptors (Lipinski definition) is 3. The molecule has 5 heteroatoms. The van der Waals surface area contributed by atoms with E-state index in [0.29, 0.717) is 17.5 Å². The van der Waals surface area contributed by atoms with Crippen LogP contribution >= 0.6 is 0 Å². The highest BCUT2D eigenvalue weighted by atomic mass is 19.1. The molecule has 4 nitrogen and oxygen atoms in total. The third kappa shape index (κ3) is 6.40. The number of carbonyl (C=O) groups is 2. The van der Waals surface area contributed by atoms with Gasteiger partial charge in [-0.1, -0.05) is 19.3 Å². The number of ketones is 1. The molecular formula is C27H39FN2O2. The Morgan fingerprint density at radius 3 is 2.16 bits per heavy atom. The van der Waals surface area contributed by atoms with Crippen LogP contribution in [0.1, 0.15) is 87.4 Å². The van der Waals surface area contributed by atoms with Crippen LogP contribution in [0, 0.1) is 23.6 Å². The number of carbonyl (C=O) groups excluding carboxylic acids is 2. The smallest absolute Gasteiger partial charge is 0.223 e. The highest BCUT2D eigenvalue weighted by molar-refractivity contribution is 5.97. The van der Waals surface area contributed by atoms with Crippen LogP contribution < -0.4 is 5.32 Å². The molecular weight excluding hydrogens is 403 g/mol. The van der Waals surface area contributed by atoms with Gasteiger partial charge in [-0.05, 0) is 108 Å². The van der Waals surface area contributed by atoms with Crippen molar-refractivity contribution in [2.75, 3.05) is 19.6 Å². The summed E-state index contributed by atoms with van der Waals surface area (Å²) in [5.41, 5.74) is 0.636. The fourth-order valence-electron chi connectivity index (χ4n) is 5.91. The molecule has 1 saturated heterocycles. The Labute approximate surface area is 192 Å². The second-order valence-corrected chi connectivity index (χ2v) is 10.3. The van der Waals surface area contributed by atoms with Crippen molar-refractivity contribution in [2.45, 2.75) is 83.1 Å². The summed E-state index contributed by atoms with van der Waals surface area (Å²) >= 11 is 0. The van der Waals surface area contributed by atoms with Crippen molar-refractivity contribution in [3.63, 3.8) is 0 Å². The maximum atomic E-state index is 13.1. The van der Waals surface area contributed by atoms with Crippen molar-refractivity contribution in [3.8, 4) is 0 Å². The first-order valence-corrected chi connectivity index (χ1v) is 12.9. The van der Waals surface area contributed by atoms with Gasteiger partial charge in [0.05, 0.1) is 0 Å². The van der Waals surface area contributed by atoms with Gasteiger partial charge < -0.3 is 10.2 Å². The number of nitrogens with one attached hydrogen (secondary N) is 1. The van der Waals surface area contributed by atoms with Crippen LogP contribution in [-0.2, 0) is 4.79 Å². The highest BCUT2D eigenvalue weighted by Gasteiger charge is 2.28. The van der Waals surface area contributed by atoms with Crippen molar-refractivity contribution < 1.29 is 14.0 Å². The first-order chi connectivity index (χ1) is 15.6. The Hall–Kier alpha value is -1.75. The van der Waals surface area contributed by atoms with Gasteiger partial charge in [0.15, 0.2) is 5.78 Å². The third-order valence-corrected chi connectivity index (χ3v) is 8.11. The summed E-state index contributed by atoms with van der Waals surface area (Å²) < 4.78 is 13.1. The monoisotopic (exact) mass is 442 g/mol. The SMILES string of the molecule is O=C(N[C@H]1CC[C@H](CCN2CCC(C(=O)c3ccc(F)cc3)CC2)CC1)C1CCCCC1. The third-order valence-electron chi connectivity index (χ3n) is 8.11. The van der Waals surface area contributed by atoms with Crippen molar-refractivity contribution in [1.82, 2.24) is 10.2 Å². The number of benzene rings is 1. The van der Waals surface area contributed by atoms with Crippen LogP contribution in [0.4, 0.5) is 4.39 Å². The Balaban J connectivity index is 1.11. The zero-order valence-corrected chi connectivity index (χ0v) is 19.4. The van der Waals surface area contributed by atoms with Gasteiger partial charge in [-0.3, -0.25) is 9.59 Å². The Kier molecular flexibility index (Phi) is 8.34. The number of amides is 1. The minimum Gasteiger partial charge on any atom is -0.353 e. The van der Waals surface area contributed by atoms with E-state index in [2.05, 4.69) is 10.2 Å². The van der Waals surface area contributed by atoms with Gasteiger partial charge in [-0.15, -0.1) is 0 Å². The van der Waals surface area contributed by atoms with Crippen molar-refractivity contribution in [3.05, 3.63) is 35.6 Å². The predicted octanol–water partition coefficient (Wildman–Crippen LogP) is 5.37. The minimum atomic E-state index is -0.294. The van der Waals surface area contributed by atoms with Gasteiger partial charge in [0.1, 0.15) is 5.82 Å². The molecule has 1 N–H and O–H groups in total. The number of nitrogens with zero attached hydrogens (tertiary/aromatic N) is 1. The first kappa shape index (κ1) is 23.4. The molecule has 1 aromatic carbocycles. The van der Waals surface area contributed by atoms with Crippen LogP contribution in [-0.4, -0.2) is 42.3 Å². The van der Waals surface area contributed by atoms with Gasteiger partial charge in [-0.25, -0.2) is 4.39 Å². The first-order valence-electron chi connectivity index (χ1n) is 12.9. The van der Waals surface area contributed by atoms with Gasteiger partial charge in [0.25, 0.3) is 0 Å². The second kappa shape index (κ2) is 11.4. The summed E-state index contributed by atoms with van der Waals surface area (Å²) in [6.45, 7) is 3.07. The number of piperidine rings is 1. The largest absolute Gasteiger partial charge is 0.353 e. The minimum absolute atomic E-state index is 0.0694. The predicted molar refractivity (Wildman–Crippen MR) is 125 cm³/mol. The summed E-state index contributed by atoms with van der Waals surface area (Å²) in [4.78, 5) is 27.7. The topological polar surface area (TPSA) is 49.4 Å². The molecule has 4 rings (SSSR count). The maximum Gasteiger partial charge on any atom is 0.223 e. The molecule has 0 radical (unpaired) electrons. The number of hydrogen-bond donors (Lipinski definition) is 1. The zero-order chi connectivity index (χ0) is 22.3. The van der Waals surface area contributed by atoms with E-state index in [4.69, 9.17) is 0 Å². The van der Waals surface area contributed by atoms with Gasteiger partial charge >= 0.3 is 0 Å². The van der Waals surface area contributed by atoms with Crippen molar-refractivity contribution >= 4 is 11.7 Å². The lowest BCUT2D eigenvalue weighted by Gasteiger charge is -2.34. The van der Waals surface area contributed by atoms with Gasteiger partial charge in [0.2, 0.25) is 5.91 Å². The van der Waals surface area contributed by atoms with E-state index in [-0.39, 0.29) is 23.4 Å². The molecule has 2 aliphatic carbocycles. The summed E-state index contributed by atoms with van der Waals surface area (Å²) in [5.74, 6) is 1.28. The number of likely N-dealkylation sites (tertiary alicyclic amines) is 1. The number of rotatable bonds is 7. The summed E-state index contributed by atoms with van der Waals surface area (Å²) in [5, 5.41) is 3.34. The quantitative estimate of drug-likeness (QED) is 0.578. The van der Waals surface area contributed by atoms with Crippen LogP contribution in [0.15, 0.2) is 24.3 Å². The van der Waals surface area contributed by atoms with Crippen molar-refractivity contribution in [1.29, 1.82) is 0 Å². The molecule has 3 aliphatic rings. The molecule has 1 amide bonds. The Bertz CT molecular complexity index is 743. The fourth-order valence-corrected chi connectivity index (χ4v) is 5.91. The number of Topliss-reactive ketones (excluding diaryl/α,β-unsaturated/α-hetero) is 1. The van der Waals surface area contributed by atoms with Gasteiger partial charge in [-0.2, -0.15) is 0 Å². The molecule has 0 atom stereocenters. The standard InChI is InChI=1S/C27H39FN2O2/c28-24-10-8-21(9-11-24)26(31)22-15-18-30(19-16-22)17-14-20-6-12-25(13-7-20)29-27(32)23-4-2-1-3-5-23/h8-11,20,22-23,25H,1-7,12-19H2,(H,29,32)/t20-,25-. The molecule has 1 heterocycles. The molecule has 1 aromatic rings. The molecule has 3 fully saturated rings. The summed E-state index contributed by atoms with van der Waals surface area (Å²) in [7, 11) is 0. The zero-order valence-electron chi connectivity index (χ0n) is 19.4. The van der Waals surface area contributed by atoms with E-state index in [1.807, 2.05) is 0 Å². The van der Waals surface area contributed by atoms with Crippen LogP contribution in [0.3, 0.4) is 0 Å². The lowest BCUT2D eigenvalue weighted by atomic mass is 9.83. The lowest BCUT2D eigenvalue weighted by Crippen LogP contribution is -2.42. The number of halogens is 1. The van der Waals surface area contributed by atoms with E-state index in [9.17, 15) is 14.0 Å². The Morgan fingerprint density at radius 1 is 0.844 bits per heavy atom. The average molecular weight is 443 g/mol. The highest BCUT2D eigenvalue weighted by Crippen LogP contribution is 2.30. The average Bonchev–Trinajstić information content (AvgIpc) is 2.84. The molecule has 1 aliphatic heterocycles. The van der Waals surface area contributed by atoms with Crippen LogP contribution in [0.5, 0.6) is 0 Å². The second-order valence-electron chi connectivity index (χ2n) is 10.3.